The molecule has 3 rings (SSSR count). The molecule has 0 bridgehead atoms. The Morgan fingerprint density at radius 2 is 2.06 bits per heavy atom. The van der Waals surface area contributed by atoms with Gasteiger partial charge in [0.15, 0.2) is 11.5 Å². The number of likely N-dealkylation sites (N-methyl/N-ethyl adjacent to an activating group) is 1. The van der Waals surface area contributed by atoms with E-state index in [4.69, 9.17) is 9.47 Å². The molecule has 2 atom stereocenters. The summed E-state index contributed by atoms with van der Waals surface area (Å²) in [7, 11) is 2.17. The Morgan fingerprint density at radius 1 is 1.25 bits per heavy atom. The molecular formula is C13H17NO2. The zero-order valence-corrected chi connectivity index (χ0v) is 9.99. The van der Waals surface area contributed by atoms with Crippen LogP contribution in [0.2, 0.25) is 0 Å². The summed E-state index contributed by atoms with van der Waals surface area (Å²) in [4.78, 5) is 2.39. The van der Waals surface area contributed by atoms with E-state index >= 15 is 0 Å². The number of hydrogen-bond acceptors (Lipinski definition) is 3. The molecule has 1 aromatic rings. The Labute approximate surface area is 96.0 Å². The van der Waals surface area contributed by atoms with Gasteiger partial charge in [-0.15, -0.1) is 0 Å². The van der Waals surface area contributed by atoms with Gasteiger partial charge in [0.2, 0.25) is 6.79 Å². The Balaban J connectivity index is 2.15. The van der Waals surface area contributed by atoms with Gasteiger partial charge in [-0.05, 0) is 38.9 Å². The zero-order chi connectivity index (χ0) is 11.3. The average molecular weight is 219 g/mol. The number of benzene rings is 1. The van der Waals surface area contributed by atoms with Gasteiger partial charge in [0, 0.05) is 17.6 Å². The Hall–Kier alpha value is -1.22. The molecule has 0 spiro atoms. The topological polar surface area (TPSA) is 21.7 Å². The van der Waals surface area contributed by atoms with E-state index in [1.54, 1.807) is 0 Å². The van der Waals surface area contributed by atoms with Gasteiger partial charge in [0.1, 0.15) is 0 Å². The van der Waals surface area contributed by atoms with E-state index < -0.39 is 0 Å². The molecule has 0 radical (unpaired) electrons. The molecule has 2 unspecified atom stereocenters. The molecule has 2 aliphatic heterocycles. The fourth-order valence-electron chi connectivity index (χ4n) is 2.72. The minimum atomic E-state index is 0.359. The summed E-state index contributed by atoms with van der Waals surface area (Å²) in [6.07, 6.45) is 1.09. The maximum absolute atomic E-state index is 5.60. The monoisotopic (exact) mass is 219 g/mol. The minimum absolute atomic E-state index is 0.359. The lowest BCUT2D eigenvalue weighted by Gasteiger charge is -2.37. The molecule has 0 saturated heterocycles. The summed E-state index contributed by atoms with van der Waals surface area (Å²) < 4.78 is 11.0. The summed E-state index contributed by atoms with van der Waals surface area (Å²) in [6.45, 7) is 4.86. The third kappa shape index (κ3) is 1.24. The fraction of sp³-hybridized carbons (Fsp3) is 0.538. The van der Waals surface area contributed by atoms with E-state index in [-0.39, 0.29) is 0 Å². The Kier molecular flexibility index (Phi) is 2.11. The lowest BCUT2D eigenvalue weighted by Crippen LogP contribution is -2.38. The van der Waals surface area contributed by atoms with Crippen molar-refractivity contribution < 1.29 is 9.47 Å². The van der Waals surface area contributed by atoms with E-state index in [9.17, 15) is 0 Å². The zero-order valence-electron chi connectivity index (χ0n) is 9.99. The largest absolute Gasteiger partial charge is 0.454 e. The molecule has 0 amide bonds. The molecule has 0 N–H and O–H groups in total. The minimum Gasteiger partial charge on any atom is -0.454 e. The van der Waals surface area contributed by atoms with Gasteiger partial charge >= 0.3 is 0 Å². The van der Waals surface area contributed by atoms with Gasteiger partial charge in [0.25, 0.3) is 0 Å². The summed E-state index contributed by atoms with van der Waals surface area (Å²) in [5.74, 6) is 1.86. The molecule has 2 heterocycles. The van der Waals surface area contributed by atoms with Crippen LogP contribution in [0.25, 0.3) is 0 Å². The molecule has 0 aromatic heterocycles. The van der Waals surface area contributed by atoms with Crippen molar-refractivity contribution in [1.29, 1.82) is 0 Å². The van der Waals surface area contributed by atoms with Gasteiger partial charge in [-0.3, -0.25) is 4.90 Å². The van der Waals surface area contributed by atoms with Crippen LogP contribution in [-0.2, 0) is 6.42 Å². The molecule has 16 heavy (non-hydrogen) atoms. The third-order valence-electron chi connectivity index (χ3n) is 3.91. The van der Waals surface area contributed by atoms with Gasteiger partial charge < -0.3 is 9.47 Å². The Bertz CT molecular complexity index is 430. The van der Waals surface area contributed by atoms with Crippen molar-refractivity contribution in [2.24, 2.45) is 0 Å². The van der Waals surface area contributed by atoms with Gasteiger partial charge in [-0.2, -0.15) is 0 Å². The normalized spacial score (nSPS) is 27.9. The number of nitrogens with zero attached hydrogens (tertiary/aromatic N) is 1. The molecule has 0 saturated carbocycles. The van der Waals surface area contributed by atoms with E-state index in [1.165, 1.54) is 11.1 Å². The third-order valence-corrected chi connectivity index (χ3v) is 3.91. The molecule has 3 heteroatoms. The van der Waals surface area contributed by atoms with Gasteiger partial charge in [-0.25, -0.2) is 0 Å². The first-order valence-corrected chi connectivity index (χ1v) is 5.82. The highest BCUT2D eigenvalue weighted by Gasteiger charge is 2.32. The van der Waals surface area contributed by atoms with Crippen LogP contribution in [0.1, 0.15) is 31.0 Å². The lowest BCUT2D eigenvalue weighted by molar-refractivity contribution is 0.159. The lowest BCUT2D eigenvalue weighted by atomic mass is 9.89. The molecule has 2 aliphatic rings. The maximum atomic E-state index is 5.60. The number of hydrogen-bond donors (Lipinski definition) is 0. The second-order valence-electron chi connectivity index (χ2n) is 4.77. The van der Waals surface area contributed by atoms with E-state index in [0.717, 1.165) is 17.9 Å². The second kappa shape index (κ2) is 3.39. The first-order valence-electron chi connectivity index (χ1n) is 5.82. The van der Waals surface area contributed by atoms with Crippen LogP contribution in [0, 0.1) is 0 Å². The predicted octanol–water partition coefficient (Wildman–Crippen LogP) is 2.35. The highest BCUT2D eigenvalue weighted by molar-refractivity contribution is 5.54. The van der Waals surface area contributed by atoms with Crippen LogP contribution >= 0.6 is 0 Å². The number of ether oxygens (including phenoxy) is 2. The summed E-state index contributed by atoms with van der Waals surface area (Å²) in [5.41, 5.74) is 2.72. The smallest absolute Gasteiger partial charge is 0.231 e. The summed E-state index contributed by atoms with van der Waals surface area (Å²) in [5, 5.41) is 0. The van der Waals surface area contributed by atoms with Crippen LogP contribution in [0.3, 0.4) is 0 Å². The highest BCUT2D eigenvalue weighted by atomic mass is 16.7. The number of fused-ring (bicyclic) bond motifs is 3. The number of rotatable bonds is 0. The van der Waals surface area contributed by atoms with E-state index in [1.807, 2.05) is 6.07 Å². The van der Waals surface area contributed by atoms with Crippen LogP contribution < -0.4 is 9.47 Å². The highest BCUT2D eigenvalue weighted by Crippen LogP contribution is 2.44. The van der Waals surface area contributed by atoms with Crippen LogP contribution in [-0.4, -0.2) is 24.8 Å². The second-order valence-corrected chi connectivity index (χ2v) is 4.77. The van der Waals surface area contributed by atoms with Gasteiger partial charge in [-0.1, -0.05) is 6.07 Å². The van der Waals surface area contributed by atoms with Crippen molar-refractivity contribution in [3.05, 3.63) is 23.3 Å². The molecule has 3 nitrogen and oxygen atoms in total. The first-order chi connectivity index (χ1) is 7.68. The molecule has 1 aromatic carbocycles. The molecular weight excluding hydrogens is 202 g/mol. The van der Waals surface area contributed by atoms with Crippen molar-refractivity contribution in [3.63, 3.8) is 0 Å². The summed E-state index contributed by atoms with van der Waals surface area (Å²) in [6, 6.07) is 5.20. The summed E-state index contributed by atoms with van der Waals surface area (Å²) >= 11 is 0. The predicted molar refractivity (Wildman–Crippen MR) is 61.9 cm³/mol. The van der Waals surface area contributed by atoms with Crippen molar-refractivity contribution in [3.8, 4) is 11.5 Å². The van der Waals surface area contributed by atoms with Crippen LogP contribution in [0.5, 0.6) is 11.5 Å². The average Bonchev–Trinajstić information content (AvgIpc) is 2.73. The van der Waals surface area contributed by atoms with Crippen molar-refractivity contribution >= 4 is 0 Å². The molecule has 86 valence electrons. The van der Waals surface area contributed by atoms with E-state index in [0.29, 0.717) is 18.9 Å². The van der Waals surface area contributed by atoms with Gasteiger partial charge in [0.05, 0.1) is 0 Å². The standard InChI is InChI=1S/C13H17NO2/c1-8-6-10-4-5-11-13(16-7-15-11)12(10)9(2)14(8)3/h4-5,8-9H,6-7H2,1-3H3. The quantitative estimate of drug-likeness (QED) is 0.668. The molecule has 0 fully saturated rings. The van der Waals surface area contributed by atoms with Crippen molar-refractivity contribution in [2.45, 2.75) is 32.4 Å². The van der Waals surface area contributed by atoms with Crippen LogP contribution in [0.4, 0.5) is 0 Å². The van der Waals surface area contributed by atoms with E-state index in [2.05, 4.69) is 31.9 Å². The maximum Gasteiger partial charge on any atom is 0.231 e. The van der Waals surface area contributed by atoms with Crippen LogP contribution in [0.15, 0.2) is 12.1 Å². The first kappa shape index (κ1) is 9.97. The van der Waals surface area contributed by atoms with Crippen molar-refractivity contribution in [2.75, 3.05) is 13.8 Å². The van der Waals surface area contributed by atoms with Crippen molar-refractivity contribution in [1.82, 2.24) is 4.90 Å². The Morgan fingerprint density at radius 3 is 2.88 bits per heavy atom. The SMILES string of the molecule is CC1Cc2ccc3c(c2C(C)N1C)OCO3. The fourth-order valence-corrected chi connectivity index (χ4v) is 2.72. The molecule has 0 aliphatic carbocycles.